The number of hydrogen-bond acceptors (Lipinski definition) is 3. The van der Waals surface area contributed by atoms with E-state index in [2.05, 4.69) is 24.1 Å². The Kier molecular flexibility index (Phi) is 4.62. The molecule has 104 valence electrons. The van der Waals surface area contributed by atoms with E-state index in [1.165, 1.54) is 12.8 Å². The molecule has 1 aliphatic carbocycles. The maximum atomic E-state index is 11.9. The summed E-state index contributed by atoms with van der Waals surface area (Å²) in [6.07, 6.45) is 6.50. The Hall–Kier alpha value is -0.610. The molecule has 0 aromatic carbocycles. The average Bonchev–Trinajstić information content (AvgIpc) is 3.08. The number of carbonyl (C=O) groups excluding carboxylic acids is 1. The molecule has 1 aliphatic heterocycles. The summed E-state index contributed by atoms with van der Waals surface area (Å²) in [6.45, 7) is 5.07. The first-order valence-corrected chi connectivity index (χ1v) is 7.42. The number of nitrogens with zero attached hydrogens (tertiary/aromatic N) is 1. The van der Waals surface area contributed by atoms with E-state index in [-0.39, 0.29) is 11.9 Å². The fourth-order valence-corrected chi connectivity index (χ4v) is 3.20. The first-order valence-electron chi connectivity index (χ1n) is 7.42. The molecular formula is C14H27N3O. The second kappa shape index (κ2) is 6.02. The van der Waals surface area contributed by atoms with E-state index in [4.69, 9.17) is 5.73 Å². The molecule has 0 aromatic heterocycles. The standard InChI is InChI=1S/C14H27N3O/c1-3-12-7-4-10(2)17(12)13(9-15)8-14(18)16-11-5-6-11/h10-13H,3-9,15H2,1-2H3,(H,16,18). The van der Waals surface area contributed by atoms with Crippen molar-refractivity contribution in [2.24, 2.45) is 5.73 Å². The number of nitrogens with one attached hydrogen (secondary N) is 1. The van der Waals surface area contributed by atoms with Crippen LogP contribution in [0.1, 0.15) is 52.4 Å². The van der Waals surface area contributed by atoms with Gasteiger partial charge in [0.25, 0.3) is 0 Å². The van der Waals surface area contributed by atoms with Crippen LogP contribution in [0.5, 0.6) is 0 Å². The molecule has 2 aliphatic rings. The predicted octanol–water partition coefficient (Wildman–Crippen LogP) is 1.25. The van der Waals surface area contributed by atoms with Gasteiger partial charge in [0.2, 0.25) is 5.91 Å². The molecule has 3 unspecified atom stereocenters. The highest BCUT2D eigenvalue weighted by molar-refractivity contribution is 5.77. The smallest absolute Gasteiger partial charge is 0.221 e. The third-order valence-electron chi connectivity index (χ3n) is 4.38. The zero-order valence-electron chi connectivity index (χ0n) is 11.7. The molecular weight excluding hydrogens is 226 g/mol. The van der Waals surface area contributed by atoms with Crippen molar-refractivity contribution in [1.82, 2.24) is 10.2 Å². The van der Waals surface area contributed by atoms with Crippen molar-refractivity contribution in [3.05, 3.63) is 0 Å². The molecule has 1 saturated carbocycles. The third kappa shape index (κ3) is 3.23. The highest BCUT2D eigenvalue weighted by Gasteiger charge is 2.35. The van der Waals surface area contributed by atoms with E-state index in [1.54, 1.807) is 0 Å². The molecule has 0 aromatic rings. The Morgan fingerprint density at radius 1 is 1.39 bits per heavy atom. The fourth-order valence-electron chi connectivity index (χ4n) is 3.20. The maximum absolute atomic E-state index is 11.9. The Labute approximate surface area is 110 Å². The maximum Gasteiger partial charge on any atom is 0.221 e. The van der Waals surface area contributed by atoms with Gasteiger partial charge in [-0.3, -0.25) is 9.69 Å². The lowest BCUT2D eigenvalue weighted by molar-refractivity contribution is -0.122. The van der Waals surface area contributed by atoms with Gasteiger partial charge in [-0.05, 0) is 39.0 Å². The largest absolute Gasteiger partial charge is 0.353 e. The summed E-state index contributed by atoms with van der Waals surface area (Å²) in [5.41, 5.74) is 5.90. The van der Waals surface area contributed by atoms with E-state index >= 15 is 0 Å². The summed E-state index contributed by atoms with van der Waals surface area (Å²) in [4.78, 5) is 14.4. The summed E-state index contributed by atoms with van der Waals surface area (Å²) in [7, 11) is 0. The normalized spacial score (nSPS) is 30.4. The fraction of sp³-hybridized carbons (Fsp3) is 0.929. The second-order valence-electron chi connectivity index (χ2n) is 5.87. The van der Waals surface area contributed by atoms with Crippen molar-refractivity contribution in [3.8, 4) is 0 Å². The van der Waals surface area contributed by atoms with Crippen molar-refractivity contribution in [2.75, 3.05) is 6.54 Å². The van der Waals surface area contributed by atoms with E-state index in [0.717, 1.165) is 19.3 Å². The number of likely N-dealkylation sites (tertiary alicyclic amines) is 1. The lowest BCUT2D eigenvalue weighted by Crippen LogP contribution is -2.49. The lowest BCUT2D eigenvalue weighted by Gasteiger charge is -2.35. The quantitative estimate of drug-likeness (QED) is 0.749. The lowest BCUT2D eigenvalue weighted by atomic mass is 10.1. The van der Waals surface area contributed by atoms with Gasteiger partial charge in [0.1, 0.15) is 0 Å². The molecule has 4 nitrogen and oxygen atoms in total. The first-order chi connectivity index (χ1) is 8.65. The van der Waals surface area contributed by atoms with Crippen LogP contribution in [0.2, 0.25) is 0 Å². The Morgan fingerprint density at radius 2 is 2.11 bits per heavy atom. The van der Waals surface area contributed by atoms with Gasteiger partial charge in [-0.15, -0.1) is 0 Å². The summed E-state index contributed by atoms with van der Waals surface area (Å²) in [5.74, 6) is 0.182. The van der Waals surface area contributed by atoms with Gasteiger partial charge >= 0.3 is 0 Å². The minimum absolute atomic E-state index is 0.182. The van der Waals surface area contributed by atoms with Crippen LogP contribution < -0.4 is 11.1 Å². The van der Waals surface area contributed by atoms with Gasteiger partial charge in [0, 0.05) is 37.1 Å². The topological polar surface area (TPSA) is 58.4 Å². The van der Waals surface area contributed by atoms with Crippen LogP contribution in [-0.2, 0) is 4.79 Å². The Morgan fingerprint density at radius 3 is 2.67 bits per heavy atom. The molecule has 1 heterocycles. The van der Waals surface area contributed by atoms with Crippen molar-refractivity contribution < 1.29 is 4.79 Å². The molecule has 1 amide bonds. The monoisotopic (exact) mass is 253 g/mol. The van der Waals surface area contributed by atoms with Crippen LogP contribution in [0.15, 0.2) is 0 Å². The molecule has 3 atom stereocenters. The SMILES string of the molecule is CCC1CCC(C)N1C(CN)CC(=O)NC1CC1. The van der Waals surface area contributed by atoms with Crippen molar-refractivity contribution in [1.29, 1.82) is 0 Å². The van der Waals surface area contributed by atoms with Crippen molar-refractivity contribution in [3.63, 3.8) is 0 Å². The van der Waals surface area contributed by atoms with Gasteiger partial charge in [-0.2, -0.15) is 0 Å². The van der Waals surface area contributed by atoms with Gasteiger partial charge in [0.05, 0.1) is 0 Å². The van der Waals surface area contributed by atoms with Crippen LogP contribution in [0.3, 0.4) is 0 Å². The molecule has 0 spiro atoms. The minimum atomic E-state index is 0.182. The van der Waals surface area contributed by atoms with E-state index in [9.17, 15) is 4.79 Å². The Balaban J connectivity index is 1.91. The van der Waals surface area contributed by atoms with Gasteiger partial charge in [0.15, 0.2) is 0 Å². The zero-order chi connectivity index (χ0) is 13.1. The summed E-state index contributed by atoms with van der Waals surface area (Å²) < 4.78 is 0. The van der Waals surface area contributed by atoms with Crippen LogP contribution >= 0.6 is 0 Å². The number of rotatable bonds is 6. The van der Waals surface area contributed by atoms with Gasteiger partial charge in [-0.1, -0.05) is 6.92 Å². The second-order valence-corrected chi connectivity index (χ2v) is 5.87. The Bertz CT molecular complexity index is 291. The number of hydrogen-bond donors (Lipinski definition) is 2. The van der Waals surface area contributed by atoms with Crippen LogP contribution in [0.4, 0.5) is 0 Å². The molecule has 2 fully saturated rings. The molecule has 4 heteroatoms. The van der Waals surface area contributed by atoms with Crippen LogP contribution in [0.25, 0.3) is 0 Å². The predicted molar refractivity (Wildman–Crippen MR) is 73.2 cm³/mol. The van der Waals surface area contributed by atoms with Crippen LogP contribution in [-0.4, -0.2) is 41.5 Å². The average molecular weight is 253 g/mol. The van der Waals surface area contributed by atoms with E-state index < -0.39 is 0 Å². The molecule has 2 rings (SSSR count). The molecule has 18 heavy (non-hydrogen) atoms. The first kappa shape index (κ1) is 13.8. The van der Waals surface area contributed by atoms with Gasteiger partial charge < -0.3 is 11.1 Å². The van der Waals surface area contributed by atoms with Crippen molar-refractivity contribution in [2.45, 2.75) is 76.5 Å². The van der Waals surface area contributed by atoms with Crippen molar-refractivity contribution >= 4 is 5.91 Å². The summed E-state index contributed by atoms with van der Waals surface area (Å²) in [5, 5.41) is 3.07. The molecule has 0 bridgehead atoms. The molecule has 1 saturated heterocycles. The highest BCUT2D eigenvalue weighted by Crippen LogP contribution is 2.29. The van der Waals surface area contributed by atoms with E-state index in [1.807, 2.05) is 0 Å². The molecule has 0 radical (unpaired) electrons. The highest BCUT2D eigenvalue weighted by atomic mass is 16.1. The number of amides is 1. The summed E-state index contributed by atoms with van der Waals surface area (Å²) in [6, 6.07) is 1.85. The van der Waals surface area contributed by atoms with Crippen LogP contribution in [0, 0.1) is 0 Å². The third-order valence-corrected chi connectivity index (χ3v) is 4.38. The summed E-state index contributed by atoms with van der Waals surface area (Å²) >= 11 is 0. The zero-order valence-corrected chi connectivity index (χ0v) is 11.7. The van der Waals surface area contributed by atoms with Gasteiger partial charge in [-0.25, -0.2) is 0 Å². The molecule has 3 N–H and O–H groups in total. The number of carbonyl (C=O) groups is 1. The minimum Gasteiger partial charge on any atom is -0.353 e. The van der Waals surface area contributed by atoms with E-state index in [0.29, 0.717) is 31.1 Å². The number of nitrogens with two attached hydrogens (primary N) is 1.